The van der Waals surface area contributed by atoms with Crippen LogP contribution in [0.25, 0.3) is 22.0 Å². The molecule has 5 rings (SSSR count). The van der Waals surface area contributed by atoms with E-state index in [1.54, 1.807) is 0 Å². The lowest BCUT2D eigenvalue weighted by Crippen LogP contribution is -2.49. The van der Waals surface area contributed by atoms with Gasteiger partial charge >= 0.3 is 0 Å². The second-order valence-electron chi connectivity index (χ2n) is 7.39. The molecule has 0 N–H and O–H groups in total. The predicted octanol–water partition coefficient (Wildman–Crippen LogP) is 3.36. The molecule has 0 bridgehead atoms. The van der Waals surface area contributed by atoms with Crippen LogP contribution in [-0.4, -0.2) is 47.2 Å². The normalized spacial score (nSPS) is 17.3. The van der Waals surface area contributed by atoms with Crippen molar-refractivity contribution in [2.45, 2.75) is 12.8 Å². The van der Waals surface area contributed by atoms with Crippen LogP contribution in [0.3, 0.4) is 0 Å². The number of rotatable bonds is 3. The van der Waals surface area contributed by atoms with Gasteiger partial charge in [-0.15, -0.1) is 10.2 Å². The first kappa shape index (κ1) is 16.2. The Bertz CT molecular complexity index is 968. The lowest BCUT2D eigenvalue weighted by Gasteiger charge is -2.35. The number of carbonyl (C=O) groups is 1. The summed E-state index contributed by atoms with van der Waals surface area (Å²) in [6.45, 7) is 3.20. The van der Waals surface area contributed by atoms with E-state index in [9.17, 15) is 4.79 Å². The van der Waals surface area contributed by atoms with Crippen molar-refractivity contribution in [2.75, 3.05) is 31.1 Å². The van der Waals surface area contributed by atoms with E-state index in [-0.39, 0.29) is 0 Å². The highest BCUT2D eigenvalue weighted by atomic mass is 16.2. The van der Waals surface area contributed by atoms with Crippen molar-refractivity contribution in [1.82, 2.24) is 15.1 Å². The molecular weight excluding hydrogens is 336 g/mol. The molecule has 5 heteroatoms. The van der Waals surface area contributed by atoms with Gasteiger partial charge in [-0.3, -0.25) is 4.79 Å². The summed E-state index contributed by atoms with van der Waals surface area (Å²) in [6.07, 6.45) is 2.14. The lowest BCUT2D eigenvalue weighted by atomic mass is 10.0. The van der Waals surface area contributed by atoms with E-state index in [0.717, 1.165) is 56.1 Å². The molecule has 136 valence electrons. The smallest absolute Gasteiger partial charge is 0.225 e. The van der Waals surface area contributed by atoms with Gasteiger partial charge in [-0.05, 0) is 35.7 Å². The summed E-state index contributed by atoms with van der Waals surface area (Å²) in [7, 11) is 0. The summed E-state index contributed by atoms with van der Waals surface area (Å²) in [4.78, 5) is 16.4. The number of benzene rings is 2. The van der Waals surface area contributed by atoms with Crippen LogP contribution in [0.2, 0.25) is 0 Å². The molecule has 1 aliphatic heterocycles. The Morgan fingerprint density at radius 1 is 0.852 bits per heavy atom. The summed E-state index contributed by atoms with van der Waals surface area (Å²) in [5.74, 6) is 1.53. The fourth-order valence-corrected chi connectivity index (χ4v) is 3.83. The third-order valence-electron chi connectivity index (χ3n) is 5.56. The Labute approximate surface area is 158 Å². The molecule has 5 nitrogen and oxygen atoms in total. The molecule has 1 amide bonds. The van der Waals surface area contributed by atoms with Gasteiger partial charge in [-0.1, -0.05) is 42.5 Å². The molecule has 2 aliphatic rings. The van der Waals surface area contributed by atoms with Crippen molar-refractivity contribution >= 4 is 22.5 Å². The lowest BCUT2D eigenvalue weighted by molar-refractivity contribution is -0.132. The molecule has 1 saturated carbocycles. The number of carbonyl (C=O) groups excluding carboxylic acids is 1. The van der Waals surface area contributed by atoms with E-state index in [1.807, 2.05) is 17.0 Å². The minimum Gasteiger partial charge on any atom is -0.352 e. The van der Waals surface area contributed by atoms with Crippen LogP contribution in [0.1, 0.15) is 12.8 Å². The van der Waals surface area contributed by atoms with Crippen LogP contribution in [0.5, 0.6) is 0 Å². The van der Waals surface area contributed by atoms with E-state index in [4.69, 9.17) is 0 Å². The van der Waals surface area contributed by atoms with E-state index in [2.05, 4.69) is 57.6 Å². The minimum atomic E-state index is 0.302. The summed E-state index contributed by atoms with van der Waals surface area (Å²) in [5.41, 5.74) is 1.99. The fraction of sp³-hybridized carbons (Fsp3) is 0.318. The predicted molar refractivity (Wildman–Crippen MR) is 106 cm³/mol. The van der Waals surface area contributed by atoms with Crippen LogP contribution < -0.4 is 4.90 Å². The highest BCUT2D eigenvalue weighted by molar-refractivity contribution is 5.95. The standard InChI is InChI=1S/C22H22N4O/c27-22(17-8-9-17)26-14-12-25(13-15-26)21-11-10-20(23-24-21)19-7-3-5-16-4-1-2-6-18(16)19/h1-7,10-11,17H,8-9,12-15H2. The van der Waals surface area contributed by atoms with Gasteiger partial charge in [0, 0.05) is 37.7 Å². The topological polar surface area (TPSA) is 49.3 Å². The number of nitrogens with zero attached hydrogens (tertiary/aromatic N) is 4. The van der Waals surface area contributed by atoms with Gasteiger partial charge in [0.1, 0.15) is 0 Å². The number of aromatic nitrogens is 2. The van der Waals surface area contributed by atoms with E-state index in [1.165, 1.54) is 10.8 Å². The van der Waals surface area contributed by atoms with Crippen molar-refractivity contribution in [2.24, 2.45) is 5.92 Å². The average Bonchev–Trinajstić information content (AvgIpc) is 3.59. The molecular formula is C22H22N4O. The maximum atomic E-state index is 12.2. The molecule has 2 fully saturated rings. The quantitative estimate of drug-likeness (QED) is 0.720. The van der Waals surface area contributed by atoms with Crippen LogP contribution >= 0.6 is 0 Å². The zero-order chi connectivity index (χ0) is 18.2. The van der Waals surface area contributed by atoms with Crippen LogP contribution in [0.15, 0.2) is 54.6 Å². The molecule has 1 aliphatic carbocycles. The Balaban J connectivity index is 1.33. The van der Waals surface area contributed by atoms with Crippen molar-refractivity contribution in [3.05, 3.63) is 54.6 Å². The van der Waals surface area contributed by atoms with Crippen molar-refractivity contribution in [3.8, 4) is 11.3 Å². The summed E-state index contributed by atoms with van der Waals surface area (Å²) < 4.78 is 0. The number of hydrogen-bond donors (Lipinski definition) is 0. The largest absolute Gasteiger partial charge is 0.352 e. The molecule has 2 heterocycles. The molecule has 0 spiro atoms. The molecule has 27 heavy (non-hydrogen) atoms. The monoisotopic (exact) mass is 358 g/mol. The maximum Gasteiger partial charge on any atom is 0.225 e. The second kappa shape index (κ2) is 6.65. The zero-order valence-electron chi connectivity index (χ0n) is 15.2. The SMILES string of the molecule is O=C(C1CC1)N1CCN(c2ccc(-c3cccc4ccccc34)nn2)CC1. The molecule has 0 unspecified atom stereocenters. The van der Waals surface area contributed by atoms with Crippen molar-refractivity contribution in [3.63, 3.8) is 0 Å². The first-order valence-corrected chi connectivity index (χ1v) is 9.65. The molecule has 2 aromatic carbocycles. The Kier molecular flexibility index (Phi) is 4.00. The van der Waals surface area contributed by atoms with Gasteiger partial charge < -0.3 is 9.80 Å². The van der Waals surface area contributed by atoms with E-state index >= 15 is 0 Å². The van der Waals surface area contributed by atoms with Crippen LogP contribution in [0.4, 0.5) is 5.82 Å². The van der Waals surface area contributed by atoms with Crippen LogP contribution in [-0.2, 0) is 4.79 Å². The van der Waals surface area contributed by atoms with Gasteiger partial charge in [-0.2, -0.15) is 0 Å². The molecule has 0 radical (unpaired) electrons. The van der Waals surface area contributed by atoms with E-state index in [0.29, 0.717) is 11.8 Å². The second-order valence-corrected chi connectivity index (χ2v) is 7.39. The third kappa shape index (κ3) is 3.14. The third-order valence-corrected chi connectivity index (χ3v) is 5.56. The number of anilines is 1. The number of amides is 1. The molecule has 0 atom stereocenters. The molecule has 1 aromatic heterocycles. The van der Waals surface area contributed by atoms with Gasteiger partial charge in [0.05, 0.1) is 5.69 Å². The first-order valence-electron chi connectivity index (χ1n) is 9.65. The summed E-state index contributed by atoms with van der Waals surface area (Å²) in [6, 6.07) is 18.7. The number of fused-ring (bicyclic) bond motifs is 1. The first-order chi connectivity index (χ1) is 13.3. The van der Waals surface area contributed by atoms with Gasteiger partial charge in [-0.25, -0.2) is 0 Å². The Morgan fingerprint density at radius 2 is 1.63 bits per heavy atom. The minimum absolute atomic E-state index is 0.302. The van der Waals surface area contributed by atoms with Crippen molar-refractivity contribution < 1.29 is 4.79 Å². The maximum absolute atomic E-state index is 12.2. The van der Waals surface area contributed by atoms with Crippen molar-refractivity contribution in [1.29, 1.82) is 0 Å². The zero-order valence-corrected chi connectivity index (χ0v) is 15.2. The molecule has 3 aromatic rings. The number of piperazine rings is 1. The highest BCUT2D eigenvalue weighted by Crippen LogP contribution is 2.31. The number of hydrogen-bond acceptors (Lipinski definition) is 4. The Morgan fingerprint density at radius 3 is 2.37 bits per heavy atom. The summed E-state index contributed by atoms with van der Waals surface area (Å²) in [5, 5.41) is 11.4. The van der Waals surface area contributed by atoms with Crippen LogP contribution in [0, 0.1) is 5.92 Å². The molecule has 1 saturated heterocycles. The van der Waals surface area contributed by atoms with Gasteiger partial charge in [0.25, 0.3) is 0 Å². The highest BCUT2D eigenvalue weighted by Gasteiger charge is 2.34. The summed E-state index contributed by atoms with van der Waals surface area (Å²) >= 11 is 0. The van der Waals surface area contributed by atoms with Gasteiger partial charge in [0.2, 0.25) is 5.91 Å². The Hall–Kier alpha value is -2.95. The van der Waals surface area contributed by atoms with E-state index < -0.39 is 0 Å². The fourth-order valence-electron chi connectivity index (χ4n) is 3.83. The van der Waals surface area contributed by atoms with Gasteiger partial charge in [0.15, 0.2) is 5.82 Å². The average molecular weight is 358 g/mol.